The molecule has 108 valence electrons. The summed E-state index contributed by atoms with van der Waals surface area (Å²) < 4.78 is 15.5. The van der Waals surface area contributed by atoms with E-state index in [-0.39, 0.29) is 5.82 Å². The smallest absolute Gasteiger partial charge is 0.209 e. The van der Waals surface area contributed by atoms with E-state index in [1.54, 1.807) is 10.7 Å². The Kier molecular flexibility index (Phi) is 5.93. The monoisotopic (exact) mass is 359 g/mol. The minimum atomic E-state index is -0.249. The van der Waals surface area contributed by atoms with Gasteiger partial charge in [0.15, 0.2) is 0 Å². The Bertz CT molecular complexity index is 563. The topological polar surface area (TPSA) is 55.6 Å². The number of tetrazole rings is 1. The number of halogens is 2. The van der Waals surface area contributed by atoms with E-state index in [0.717, 1.165) is 34.8 Å². The summed E-state index contributed by atoms with van der Waals surface area (Å²) in [6, 6.07) is 4.68. The summed E-state index contributed by atoms with van der Waals surface area (Å²) in [6.45, 7) is 4.54. The normalized spacial score (nSPS) is 10.9. The molecule has 0 saturated carbocycles. The Balaban J connectivity index is 1.95. The van der Waals surface area contributed by atoms with Crippen LogP contribution in [0, 0.1) is 5.82 Å². The van der Waals surface area contributed by atoms with E-state index in [9.17, 15) is 4.39 Å². The Morgan fingerprint density at radius 2 is 2.30 bits per heavy atom. The van der Waals surface area contributed by atoms with Gasteiger partial charge in [-0.25, -0.2) is 9.07 Å². The molecular formula is C12H15BrFN5S. The highest BCUT2D eigenvalue weighted by molar-refractivity contribution is 9.10. The van der Waals surface area contributed by atoms with Gasteiger partial charge in [-0.2, -0.15) is 0 Å². The summed E-state index contributed by atoms with van der Waals surface area (Å²) in [6.07, 6.45) is 0. The molecule has 0 amide bonds. The fraction of sp³-hybridized carbons (Fsp3) is 0.417. The van der Waals surface area contributed by atoms with Crippen LogP contribution in [0.2, 0.25) is 0 Å². The van der Waals surface area contributed by atoms with Crippen LogP contribution in [0.5, 0.6) is 0 Å². The first-order chi connectivity index (χ1) is 9.70. The number of thioether (sulfide) groups is 1. The number of nitrogens with zero attached hydrogens (tertiary/aromatic N) is 4. The number of aromatic nitrogens is 4. The molecule has 5 nitrogen and oxygen atoms in total. The van der Waals surface area contributed by atoms with Gasteiger partial charge in [-0.3, -0.25) is 0 Å². The summed E-state index contributed by atoms with van der Waals surface area (Å²) in [5.41, 5.74) is 1.01. The maximum Gasteiger partial charge on any atom is 0.209 e. The first kappa shape index (κ1) is 15.4. The maximum absolute atomic E-state index is 13.0. The Morgan fingerprint density at radius 3 is 3.05 bits per heavy atom. The lowest BCUT2D eigenvalue weighted by atomic mass is 10.2. The third-order valence-corrected chi connectivity index (χ3v) is 4.37. The van der Waals surface area contributed by atoms with Crippen molar-refractivity contribution in [2.24, 2.45) is 0 Å². The minimum Gasteiger partial charge on any atom is -0.315 e. The van der Waals surface area contributed by atoms with Crippen molar-refractivity contribution in [2.45, 2.75) is 24.4 Å². The van der Waals surface area contributed by atoms with Crippen LogP contribution in [-0.2, 0) is 12.3 Å². The van der Waals surface area contributed by atoms with E-state index in [0.29, 0.717) is 5.75 Å². The van der Waals surface area contributed by atoms with Crippen molar-refractivity contribution in [3.05, 3.63) is 34.1 Å². The molecular weight excluding hydrogens is 345 g/mol. The van der Waals surface area contributed by atoms with Crippen LogP contribution < -0.4 is 5.32 Å². The van der Waals surface area contributed by atoms with Gasteiger partial charge >= 0.3 is 0 Å². The zero-order valence-corrected chi connectivity index (χ0v) is 13.4. The number of rotatable bonds is 7. The third kappa shape index (κ3) is 4.26. The van der Waals surface area contributed by atoms with Crippen LogP contribution in [0.3, 0.4) is 0 Å². The van der Waals surface area contributed by atoms with Gasteiger partial charge in [0.1, 0.15) is 5.82 Å². The van der Waals surface area contributed by atoms with E-state index in [1.807, 2.05) is 0 Å². The number of likely N-dealkylation sites (N-methyl/N-ethyl adjacent to an activating group) is 1. The first-order valence-electron chi connectivity index (χ1n) is 6.24. The largest absolute Gasteiger partial charge is 0.315 e. The Morgan fingerprint density at radius 1 is 1.45 bits per heavy atom. The third-order valence-electron chi connectivity index (χ3n) is 2.62. The number of nitrogens with one attached hydrogen (secondary N) is 1. The molecule has 2 rings (SSSR count). The Labute approximate surface area is 129 Å². The minimum absolute atomic E-state index is 0.249. The second kappa shape index (κ2) is 7.70. The molecule has 0 bridgehead atoms. The molecule has 1 aromatic heterocycles. The molecule has 8 heteroatoms. The number of hydrogen-bond donors (Lipinski definition) is 1. The second-order valence-corrected chi connectivity index (χ2v) is 5.86. The Hall–Kier alpha value is -0.990. The summed E-state index contributed by atoms with van der Waals surface area (Å²) in [5.74, 6) is 0.434. The first-order valence-corrected chi connectivity index (χ1v) is 8.02. The predicted molar refractivity (Wildman–Crippen MR) is 80.0 cm³/mol. The molecule has 0 aliphatic carbocycles. The molecule has 1 heterocycles. The standard InChI is InChI=1S/C12H15BrFN5S/c1-2-15-5-6-19-12(16-17-18-19)20-8-9-3-4-10(14)7-11(9)13/h3-4,7,15H,2,5-6,8H2,1H3. The highest BCUT2D eigenvalue weighted by Crippen LogP contribution is 2.25. The van der Waals surface area contributed by atoms with Crippen molar-refractivity contribution in [1.29, 1.82) is 0 Å². The van der Waals surface area contributed by atoms with Gasteiger partial charge in [0.05, 0.1) is 6.54 Å². The van der Waals surface area contributed by atoms with Crippen LogP contribution in [0.1, 0.15) is 12.5 Å². The maximum atomic E-state index is 13.0. The second-order valence-electron chi connectivity index (χ2n) is 4.06. The molecule has 0 fully saturated rings. The van der Waals surface area contributed by atoms with Crippen molar-refractivity contribution in [1.82, 2.24) is 25.5 Å². The van der Waals surface area contributed by atoms with Crippen LogP contribution in [0.15, 0.2) is 27.8 Å². The highest BCUT2D eigenvalue weighted by Gasteiger charge is 2.08. The van der Waals surface area contributed by atoms with E-state index < -0.39 is 0 Å². The molecule has 0 aliphatic heterocycles. The number of benzene rings is 1. The molecule has 0 radical (unpaired) electrons. The van der Waals surface area contributed by atoms with Crippen molar-refractivity contribution >= 4 is 27.7 Å². The van der Waals surface area contributed by atoms with Crippen molar-refractivity contribution < 1.29 is 4.39 Å². The fourth-order valence-electron chi connectivity index (χ4n) is 1.58. The lowest BCUT2D eigenvalue weighted by Gasteiger charge is -2.06. The van der Waals surface area contributed by atoms with Crippen LogP contribution in [-0.4, -0.2) is 33.3 Å². The lowest BCUT2D eigenvalue weighted by Crippen LogP contribution is -2.20. The average molecular weight is 360 g/mol. The van der Waals surface area contributed by atoms with Crippen molar-refractivity contribution in [2.75, 3.05) is 13.1 Å². The van der Waals surface area contributed by atoms with E-state index in [1.165, 1.54) is 23.9 Å². The molecule has 0 atom stereocenters. The van der Waals surface area contributed by atoms with Gasteiger partial charge in [-0.15, -0.1) is 5.10 Å². The van der Waals surface area contributed by atoms with Gasteiger partial charge in [0, 0.05) is 16.8 Å². The lowest BCUT2D eigenvalue weighted by molar-refractivity contribution is 0.517. The molecule has 1 N–H and O–H groups in total. The molecule has 0 saturated heterocycles. The molecule has 1 aromatic carbocycles. The van der Waals surface area contributed by atoms with E-state index in [4.69, 9.17) is 0 Å². The quantitative estimate of drug-likeness (QED) is 0.607. The molecule has 20 heavy (non-hydrogen) atoms. The predicted octanol–water partition coefficient (Wildman–Crippen LogP) is 2.48. The van der Waals surface area contributed by atoms with Crippen molar-refractivity contribution in [3.63, 3.8) is 0 Å². The SMILES string of the molecule is CCNCCn1nnnc1SCc1ccc(F)cc1Br. The zero-order valence-electron chi connectivity index (χ0n) is 11.0. The van der Waals surface area contributed by atoms with Crippen LogP contribution in [0.25, 0.3) is 0 Å². The van der Waals surface area contributed by atoms with E-state index in [2.05, 4.69) is 43.7 Å². The number of hydrogen-bond acceptors (Lipinski definition) is 5. The van der Waals surface area contributed by atoms with Crippen LogP contribution in [0.4, 0.5) is 4.39 Å². The van der Waals surface area contributed by atoms with Gasteiger partial charge in [-0.05, 0) is 34.7 Å². The zero-order chi connectivity index (χ0) is 14.4. The summed E-state index contributed by atoms with van der Waals surface area (Å²) in [4.78, 5) is 0. The highest BCUT2D eigenvalue weighted by atomic mass is 79.9. The van der Waals surface area contributed by atoms with Crippen LogP contribution >= 0.6 is 27.7 Å². The molecule has 0 unspecified atom stereocenters. The van der Waals surface area contributed by atoms with Gasteiger partial charge in [0.2, 0.25) is 5.16 Å². The van der Waals surface area contributed by atoms with Gasteiger partial charge < -0.3 is 5.32 Å². The average Bonchev–Trinajstić information content (AvgIpc) is 2.86. The molecule has 0 aliphatic rings. The van der Waals surface area contributed by atoms with E-state index >= 15 is 0 Å². The molecule has 0 spiro atoms. The van der Waals surface area contributed by atoms with Gasteiger partial charge in [0.25, 0.3) is 0 Å². The fourth-order valence-corrected chi connectivity index (χ4v) is 3.17. The molecule has 2 aromatic rings. The van der Waals surface area contributed by atoms with Crippen molar-refractivity contribution in [3.8, 4) is 0 Å². The summed E-state index contributed by atoms with van der Waals surface area (Å²) in [5, 5.41) is 15.6. The summed E-state index contributed by atoms with van der Waals surface area (Å²) in [7, 11) is 0. The van der Waals surface area contributed by atoms with Gasteiger partial charge in [-0.1, -0.05) is 40.7 Å². The summed E-state index contributed by atoms with van der Waals surface area (Å²) >= 11 is 4.89.